The fraction of sp³-hybridized carbons (Fsp3) is 0.364. The fourth-order valence-electron chi connectivity index (χ4n) is 2.98. The van der Waals surface area contributed by atoms with E-state index in [1.807, 2.05) is 7.05 Å². The van der Waals surface area contributed by atoms with Crippen LogP contribution in [0.3, 0.4) is 0 Å². The van der Waals surface area contributed by atoms with Gasteiger partial charge in [0.2, 0.25) is 0 Å². The van der Waals surface area contributed by atoms with Crippen molar-refractivity contribution in [1.82, 2.24) is 14.8 Å². The number of anilines is 1. The van der Waals surface area contributed by atoms with Gasteiger partial charge in [-0.3, -0.25) is 14.7 Å². The molecule has 2 aromatic rings. The predicted octanol–water partition coefficient (Wildman–Crippen LogP) is 3.37. The number of carbonyl (C=O) groups is 1. The minimum atomic E-state index is -4.31. The summed E-state index contributed by atoms with van der Waals surface area (Å²) in [4.78, 5) is 18.2. The molecule has 0 radical (unpaired) electrons. The van der Waals surface area contributed by atoms with E-state index in [1.54, 1.807) is 25.2 Å². The predicted molar refractivity (Wildman–Crippen MR) is 111 cm³/mol. The zero-order valence-corrected chi connectivity index (χ0v) is 17.0. The Kier molecular flexibility index (Phi) is 8.39. The summed E-state index contributed by atoms with van der Waals surface area (Å²) >= 11 is 0. The first kappa shape index (κ1) is 23.4. The van der Waals surface area contributed by atoms with Crippen molar-refractivity contribution in [3.8, 4) is 12.3 Å². The smallest absolute Gasteiger partial charge is 0.388 e. The van der Waals surface area contributed by atoms with Crippen LogP contribution in [0, 0.1) is 12.3 Å². The van der Waals surface area contributed by atoms with E-state index >= 15 is 0 Å². The summed E-state index contributed by atoms with van der Waals surface area (Å²) in [6.07, 6.45) is 4.47. The Hall–Kier alpha value is -2.89. The molecule has 0 unspecified atom stereocenters. The van der Waals surface area contributed by atoms with E-state index in [2.05, 4.69) is 26.0 Å². The molecule has 3 rings (SSSR count). The molecule has 5 nitrogen and oxygen atoms in total. The second-order valence-electron chi connectivity index (χ2n) is 6.97. The number of aldehydes is 1. The maximum absolute atomic E-state index is 13.1. The Morgan fingerprint density at radius 1 is 1.20 bits per heavy atom. The quantitative estimate of drug-likeness (QED) is 0.610. The zero-order valence-electron chi connectivity index (χ0n) is 17.0. The highest BCUT2D eigenvalue weighted by molar-refractivity contribution is 5.74. The van der Waals surface area contributed by atoms with Crippen molar-refractivity contribution >= 4 is 12.0 Å². The van der Waals surface area contributed by atoms with Crippen molar-refractivity contribution in [2.45, 2.75) is 12.7 Å². The minimum Gasteiger partial charge on any atom is -0.388 e. The van der Waals surface area contributed by atoms with Gasteiger partial charge in [-0.1, -0.05) is 12.0 Å². The van der Waals surface area contributed by atoms with Gasteiger partial charge in [-0.05, 0) is 30.8 Å². The first-order valence-electron chi connectivity index (χ1n) is 9.42. The van der Waals surface area contributed by atoms with Crippen LogP contribution in [0.25, 0.3) is 0 Å². The van der Waals surface area contributed by atoms with Gasteiger partial charge in [-0.25, -0.2) is 0 Å². The van der Waals surface area contributed by atoms with Gasteiger partial charge in [0.1, 0.15) is 0 Å². The molecule has 1 fully saturated rings. The van der Waals surface area contributed by atoms with E-state index in [9.17, 15) is 18.0 Å². The van der Waals surface area contributed by atoms with E-state index in [-0.39, 0.29) is 0 Å². The standard InChI is InChI=1S/C14H20F3N3.C8H5NO/c1-18-12-4-3-11(13(9-12)14(15,16)17)10-20-7-5-19(2)6-8-20;1-2-7-3-8(6-10)5-9-4-7/h3-4,9,18H,5-8,10H2,1-2H3;1,3-6H. The Labute approximate surface area is 174 Å². The van der Waals surface area contributed by atoms with Crippen molar-refractivity contribution in [2.75, 3.05) is 45.6 Å². The van der Waals surface area contributed by atoms with E-state index in [0.29, 0.717) is 35.2 Å². The van der Waals surface area contributed by atoms with E-state index in [4.69, 9.17) is 6.42 Å². The first-order chi connectivity index (χ1) is 14.3. The highest BCUT2D eigenvalue weighted by Crippen LogP contribution is 2.34. The molecule has 1 saturated heterocycles. The fourth-order valence-corrected chi connectivity index (χ4v) is 2.98. The highest BCUT2D eigenvalue weighted by atomic mass is 19.4. The molecule has 0 atom stereocenters. The number of likely N-dealkylation sites (N-methyl/N-ethyl adjacent to an activating group) is 1. The molecule has 1 aromatic carbocycles. The average molecular weight is 418 g/mol. The summed E-state index contributed by atoms with van der Waals surface area (Å²) < 4.78 is 39.4. The molecule has 1 aliphatic rings. The molecular formula is C22H25F3N4O. The van der Waals surface area contributed by atoms with Crippen LogP contribution in [-0.4, -0.2) is 61.3 Å². The lowest BCUT2D eigenvalue weighted by Crippen LogP contribution is -2.44. The largest absolute Gasteiger partial charge is 0.416 e. The van der Waals surface area contributed by atoms with Crippen molar-refractivity contribution in [3.63, 3.8) is 0 Å². The van der Waals surface area contributed by atoms with Crippen molar-refractivity contribution in [3.05, 3.63) is 58.9 Å². The summed E-state index contributed by atoms with van der Waals surface area (Å²) in [5.74, 6) is 2.38. The van der Waals surface area contributed by atoms with Gasteiger partial charge in [-0.15, -0.1) is 6.42 Å². The normalized spacial score (nSPS) is 14.9. The Bertz CT molecular complexity index is 885. The number of terminal acetylenes is 1. The molecule has 160 valence electrons. The number of aromatic nitrogens is 1. The van der Waals surface area contributed by atoms with Crippen LogP contribution >= 0.6 is 0 Å². The lowest BCUT2D eigenvalue weighted by molar-refractivity contribution is -0.138. The molecular weight excluding hydrogens is 393 g/mol. The second-order valence-corrected chi connectivity index (χ2v) is 6.97. The summed E-state index contributed by atoms with van der Waals surface area (Å²) in [7, 11) is 3.65. The molecule has 0 aliphatic carbocycles. The number of halogens is 3. The van der Waals surface area contributed by atoms with Gasteiger partial charge in [0.25, 0.3) is 0 Å². The number of nitrogens with one attached hydrogen (secondary N) is 1. The van der Waals surface area contributed by atoms with Crippen LogP contribution in [0.4, 0.5) is 18.9 Å². The number of nitrogens with zero attached hydrogens (tertiary/aromatic N) is 3. The number of carbonyl (C=O) groups excluding carboxylic acids is 1. The molecule has 1 aromatic heterocycles. The SMILES string of the molecule is C#Cc1cncc(C=O)c1.CNc1ccc(CN2CCN(C)CC2)c(C(F)(F)F)c1. The molecule has 2 heterocycles. The van der Waals surface area contributed by atoms with E-state index in [1.165, 1.54) is 18.5 Å². The first-order valence-corrected chi connectivity index (χ1v) is 9.42. The topological polar surface area (TPSA) is 48.5 Å². The van der Waals surface area contributed by atoms with Crippen LogP contribution in [0.5, 0.6) is 0 Å². The summed E-state index contributed by atoms with van der Waals surface area (Å²) in [6.45, 7) is 3.77. The number of rotatable bonds is 4. The summed E-state index contributed by atoms with van der Waals surface area (Å²) in [5, 5.41) is 2.76. The van der Waals surface area contributed by atoms with Crippen LogP contribution in [0.1, 0.15) is 27.0 Å². The number of hydrogen-bond donors (Lipinski definition) is 1. The zero-order chi connectivity index (χ0) is 22.1. The molecule has 1 N–H and O–H groups in total. The van der Waals surface area contributed by atoms with Crippen LogP contribution < -0.4 is 5.32 Å². The summed E-state index contributed by atoms with van der Waals surface area (Å²) in [5.41, 5.74) is 1.43. The monoisotopic (exact) mass is 418 g/mol. The Morgan fingerprint density at radius 2 is 1.90 bits per heavy atom. The highest BCUT2D eigenvalue weighted by Gasteiger charge is 2.34. The lowest BCUT2D eigenvalue weighted by atomic mass is 10.0. The molecule has 1 aliphatic heterocycles. The van der Waals surface area contributed by atoms with Gasteiger partial charge in [0.05, 0.1) is 5.56 Å². The number of benzene rings is 1. The Morgan fingerprint density at radius 3 is 2.47 bits per heavy atom. The minimum absolute atomic E-state index is 0.348. The third kappa shape index (κ3) is 6.87. The van der Waals surface area contributed by atoms with Crippen molar-refractivity contribution < 1.29 is 18.0 Å². The van der Waals surface area contributed by atoms with Crippen LogP contribution in [0.15, 0.2) is 36.7 Å². The van der Waals surface area contributed by atoms with E-state index < -0.39 is 11.7 Å². The van der Waals surface area contributed by atoms with E-state index in [0.717, 1.165) is 26.2 Å². The van der Waals surface area contributed by atoms with Crippen molar-refractivity contribution in [2.24, 2.45) is 0 Å². The number of hydrogen-bond acceptors (Lipinski definition) is 5. The maximum atomic E-state index is 13.1. The molecule has 0 amide bonds. The summed E-state index contributed by atoms with van der Waals surface area (Å²) in [6, 6.07) is 6.07. The van der Waals surface area contributed by atoms with Gasteiger partial charge in [0.15, 0.2) is 6.29 Å². The van der Waals surface area contributed by atoms with Crippen LogP contribution in [0.2, 0.25) is 0 Å². The molecule has 30 heavy (non-hydrogen) atoms. The molecule has 0 saturated carbocycles. The maximum Gasteiger partial charge on any atom is 0.416 e. The van der Waals surface area contributed by atoms with Crippen molar-refractivity contribution in [1.29, 1.82) is 0 Å². The molecule has 0 spiro atoms. The van der Waals surface area contributed by atoms with Gasteiger partial charge < -0.3 is 10.2 Å². The Balaban J connectivity index is 0.000000269. The number of piperazine rings is 1. The van der Waals surface area contributed by atoms with Gasteiger partial charge >= 0.3 is 6.18 Å². The third-order valence-corrected chi connectivity index (χ3v) is 4.76. The average Bonchev–Trinajstić information content (AvgIpc) is 2.75. The van der Waals surface area contributed by atoms with Gasteiger partial charge in [-0.2, -0.15) is 13.2 Å². The third-order valence-electron chi connectivity index (χ3n) is 4.76. The number of alkyl halides is 3. The lowest BCUT2D eigenvalue weighted by Gasteiger charge is -2.33. The molecule has 8 heteroatoms. The van der Waals surface area contributed by atoms with Gasteiger partial charge in [0, 0.05) is 69.0 Å². The molecule has 0 bridgehead atoms. The van der Waals surface area contributed by atoms with Crippen LogP contribution in [-0.2, 0) is 12.7 Å². The second kappa shape index (κ2) is 10.8. The number of pyridine rings is 1.